The zero-order valence-electron chi connectivity index (χ0n) is 13.4. The van der Waals surface area contributed by atoms with Crippen molar-refractivity contribution in [1.82, 2.24) is 4.31 Å². The molecule has 2 atom stereocenters. The number of nitrogens with one attached hydrogen (secondary N) is 1. The number of benzene rings is 1. The molecule has 23 heavy (non-hydrogen) atoms. The van der Waals surface area contributed by atoms with Gasteiger partial charge in [0.15, 0.2) is 0 Å². The number of sulfonamides is 1. The topological polar surface area (TPSA) is 75.7 Å². The van der Waals surface area contributed by atoms with Crippen LogP contribution in [0.3, 0.4) is 0 Å². The minimum Gasteiger partial charge on any atom is -0.373 e. The summed E-state index contributed by atoms with van der Waals surface area (Å²) in [7, 11) is -3.55. The molecule has 7 heteroatoms. The van der Waals surface area contributed by atoms with Gasteiger partial charge in [0.05, 0.1) is 17.1 Å². The number of carbonyl (C=O) groups excluding carboxylic acids is 1. The zero-order chi connectivity index (χ0) is 16.6. The molecule has 1 aromatic carbocycles. The molecule has 6 nitrogen and oxygen atoms in total. The summed E-state index contributed by atoms with van der Waals surface area (Å²) in [4.78, 5) is 11.9. The number of hydrogen-bond acceptors (Lipinski definition) is 4. The second kappa shape index (κ2) is 6.22. The number of carbonyl (C=O) groups is 1. The predicted octanol–water partition coefficient (Wildman–Crippen LogP) is 1.76. The van der Waals surface area contributed by atoms with Crippen LogP contribution in [-0.4, -0.2) is 43.9 Å². The first-order valence-corrected chi connectivity index (χ1v) is 9.38. The summed E-state index contributed by atoms with van der Waals surface area (Å²) < 4.78 is 32.9. The lowest BCUT2D eigenvalue weighted by molar-refractivity contribution is -0.116. The van der Waals surface area contributed by atoms with Gasteiger partial charge in [0.2, 0.25) is 15.9 Å². The summed E-state index contributed by atoms with van der Waals surface area (Å²) in [5.74, 6) is -0.0183. The summed E-state index contributed by atoms with van der Waals surface area (Å²) >= 11 is 0. The van der Waals surface area contributed by atoms with Crippen molar-refractivity contribution >= 4 is 21.6 Å². The van der Waals surface area contributed by atoms with E-state index in [-0.39, 0.29) is 23.0 Å². The second-order valence-electron chi connectivity index (χ2n) is 6.30. The monoisotopic (exact) mass is 338 g/mol. The molecule has 0 aliphatic carbocycles. The summed E-state index contributed by atoms with van der Waals surface area (Å²) in [5.41, 5.74) is 1.60. The molecule has 1 aromatic rings. The smallest absolute Gasteiger partial charge is 0.243 e. The maximum atomic E-state index is 12.9. The third kappa shape index (κ3) is 3.41. The SMILES string of the molecule is C[C@H]1CN(S(=O)(=O)c2ccc3c(c2)CCCC(=O)N3)C[C@H](C)O1. The van der Waals surface area contributed by atoms with E-state index in [1.54, 1.807) is 18.2 Å². The molecule has 1 saturated heterocycles. The van der Waals surface area contributed by atoms with Gasteiger partial charge in [-0.2, -0.15) is 4.31 Å². The van der Waals surface area contributed by atoms with Gasteiger partial charge in [-0.1, -0.05) is 0 Å². The number of ether oxygens (including phenoxy) is 1. The normalized spacial score (nSPS) is 26.3. The Labute approximate surface area is 136 Å². The highest BCUT2D eigenvalue weighted by Gasteiger charge is 2.32. The molecule has 2 heterocycles. The number of anilines is 1. The molecular formula is C16H22N2O4S. The van der Waals surface area contributed by atoms with Gasteiger partial charge >= 0.3 is 0 Å². The molecule has 3 rings (SSSR count). The Morgan fingerprint density at radius 3 is 2.57 bits per heavy atom. The quantitative estimate of drug-likeness (QED) is 0.891. The Morgan fingerprint density at radius 1 is 1.17 bits per heavy atom. The molecular weight excluding hydrogens is 316 g/mol. The average molecular weight is 338 g/mol. The van der Waals surface area contributed by atoms with E-state index in [1.165, 1.54) is 4.31 Å². The van der Waals surface area contributed by atoms with Gasteiger partial charge in [-0.05, 0) is 50.5 Å². The van der Waals surface area contributed by atoms with E-state index in [0.29, 0.717) is 25.9 Å². The molecule has 126 valence electrons. The first kappa shape index (κ1) is 16.4. The maximum Gasteiger partial charge on any atom is 0.243 e. The van der Waals surface area contributed by atoms with Crippen LogP contribution < -0.4 is 5.32 Å². The third-order valence-electron chi connectivity index (χ3n) is 4.22. The van der Waals surface area contributed by atoms with E-state index >= 15 is 0 Å². The van der Waals surface area contributed by atoms with Crippen LogP contribution in [0.4, 0.5) is 5.69 Å². The fraction of sp³-hybridized carbons (Fsp3) is 0.562. The Hall–Kier alpha value is -1.44. The first-order chi connectivity index (χ1) is 10.9. The molecule has 1 fully saturated rings. The van der Waals surface area contributed by atoms with Gasteiger partial charge < -0.3 is 10.1 Å². The number of morpholine rings is 1. The molecule has 0 unspecified atom stereocenters. The number of nitrogens with zero attached hydrogens (tertiary/aromatic N) is 1. The van der Waals surface area contributed by atoms with Crippen LogP contribution >= 0.6 is 0 Å². The van der Waals surface area contributed by atoms with Crippen LogP contribution in [0.2, 0.25) is 0 Å². The minimum atomic E-state index is -3.55. The second-order valence-corrected chi connectivity index (χ2v) is 8.24. The van der Waals surface area contributed by atoms with Crippen molar-refractivity contribution in [1.29, 1.82) is 0 Å². The maximum absolute atomic E-state index is 12.9. The molecule has 0 bridgehead atoms. The Balaban J connectivity index is 1.91. The molecule has 1 N–H and O–H groups in total. The van der Waals surface area contributed by atoms with Crippen LogP contribution in [0, 0.1) is 0 Å². The summed E-state index contributed by atoms with van der Waals surface area (Å²) in [6.45, 7) is 4.48. The van der Waals surface area contributed by atoms with Crippen molar-refractivity contribution in [3.63, 3.8) is 0 Å². The number of fused-ring (bicyclic) bond motifs is 1. The number of amides is 1. The summed E-state index contributed by atoms with van der Waals surface area (Å²) in [5, 5.41) is 2.83. The van der Waals surface area contributed by atoms with Crippen LogP contribution in [0.15, 0.2) is 23.1 Å². The van der Waals surface area contributed by atoms with Gasteiger partial charge in [-0.15, -0.1) is 0 Å². The van der Waals surface area contributed by atoms with Gasteiger partial charge in [0.1, 0.15) is 0 Å². The van der Waals surface area contributed by atoms with Crippen molar-refractivity contribution in [2.24, 2.45) is 0 Å². The Kier molecular flexibility index (Phi) is 4.44. The number of aryl methyl sites for hydroxylation is 1. The van der Waals surface area contributed by atoms with E-state index in [2.05, 4.69) is 5.32 Å². The molecule has 0 spiro atoms. The van der Waals surface area contributed by atoms with Crippen LogP contribution in [0.1, 0.15) is 32.3 Å². The molecule has 0 radical (unpaired) electrons. The van der Waals surface area contributed by atoms with E-state index in [9.17, 15) is 13.2 Å². The fourth-order valence-electron chi connectivity index (χ4n) is 3.19. The van der Waals surface area contributed by atoms with Crippen LogP contribution in [0.25, 0.3) is 0 Å². The number of hydrogen-bond donors (Lipinski definition) is 1. The molecule has 1 amide bonds. The van der Waals surface area contributed by atoms with Crippen LogP contribution in [0.5, 0.6) is 0 Å². The van der Waals surface area contributed by atoms with E-state index in [1.807, 2.05) is 13.8 Å². The fourth-order valence-corrected chi connectivity index (χ4v) is 4.83. The Bertz CT molecular complexity index is 707. The molecule has 0 saturated carbocycles. The lowest BCUT2D eigenvalue weighted by Gasteiger charge is -2.34. The molecule has 2 aliphatic heterocycles. The van der Waals surface area contributed by atoms with E-state index in [0.717, 1.165) is 17.7 Å². The van der Waals surface area contributed by atoms with Gasteiger partial charge in [-0.25, -0.2) is 8.42 Å². The van der Waals surface area contributed by atoms with E-state index < -0.39 is 10.0 Å². The van der Waals surface area contributed by atoms with Crippen molar-refractivity contribution < 1.29 is 17.9 Å². The van der Waals surface area contributed by atoms with E-state index in [4.69, 9.17) is 4.74 Å². The van der Waals surface area contributed by atoms with Crippen molar-refractivity contribution in [3.8, 4) is 0 Å². The van der Waals surface area contributed by atoms with Gasteiger partial charge in [0.25, 0.3) is 0 Å². The third-order valence-corrected chi connectivity index (χ3v) is 6.05. The standard InChI is InChI=1S/C16H22N2O4S/c1-11-9-18(10-12(2)22-11)23(20,21)14-6-7-15-13(8-14)4-3-5-16(19)17-15/h6-8,11-12H,3-5,9-10H2,1-2H3,(H,17,19)/t11-,12-/m0/s1. The van der Waals surface area contributed by atoms with Crippen molar-refractivity contribution in [3.05, 3.63) is 23.8 Å². The highest BCUT2D eigenvalue weighted by atomic mass is 32.2. The average Bonchev–Trinajstić information content (AvgIpc) is 2.66. The van der Waals surface area contributed by atoms with Gasteiger partial charge in [-0.3, -0.25) is 4.79 Å². The molecule has 0 aromatic heterocycles. The lowest BCUT2D eigenvalue weighted by atomic mass is 10.1. The highest BCUT2D eigenvalue weighted by molar-refractivity contribution is 7.89. The first-order valence-electron chi connectivity index (χ1n) is 7.94. The summed E-state index contributed by atoms with van der Waals surface area (Å²) in [6.07, 6.45) is 1.67. The van der Waals surface area contributed by atoms with Crippen LogP contribution in [-0.2, 0) is 26.0 Å². The minimum absolute atomic E-state index is 0.0183. The largest absolute Gasteiger partial charge is 0.373 e. The van der Waals surface area contributed by atoms with Crippen molar-refractivity contribution in [2.75, 3.05) is 18.4 Å². The predicted molar refractivity (Wildman–Crippen MR) is 86.8 cm³/mol. The number of rotatable bonds is 2. The highest BCUT2D eigenvalue weighted by Crippen LogP contribution is 2.28. The lowest BCUT2D eigenvalue weighted by Crippen LogP contribution is -2.48. The van der Waals surface area contributed by atoms with Gasteiger partial charge in [0, 0.05) is 25.2 Å². The van der Waals surface area contributed by atoms with Crippen molar-refractivity contribution in [2.45, 2.75) is 50.2 Å². The summed E-state index contributed by atoms with van der Waals surface area (Å²) in [6, 6.07) is 4.96. The zero-order valence-corrected chi connectivity index (χ0v) is 14.2. The molecule has 2 aliphatic rings. The Morgan fingerprint density at radius 2 is 1.87 bits per heavy atom.